The number of anilines is 1. The van der Waals surface area contributed by atoms with E-state index in [9.17, 15) is 4.79 Å². The van der Waals surface area contributed by atoms with E-state index in [1.807, 2.05) is 6.20 Å². The van der Waals surface area contributed by atoms with Crippen molar-refractivity contribution >= 4 is 21.6 Å². The van der Waals surface area contributed by atoms with Crippen molar-refractivity contribution in [3.63, 3.8) is 0 Å². The number of rotatable bonds is 5. The minimum Gasteiger partial charge on any atom is -0.381 e. The molecule has 0 radical (unpaired) electrons. The molecule has 0 amide bonds. The molecule has 0 unspecified atom stereocenters. The van der Waals surface area contributed by atoms with Gasteiger partial charge in [-0.15, -0.1) is 0 Å². The molecule has 21 heavy (non-hydrogen) atoms. The Balaban J connectivity index is 1.68. The van der Waals surface area contributed by atoms with E-state index in [1.54, 1.807) is 17.9 Å². The fraction of sp³-hybridized carbons (Fsp3) is 0.733. The molecule has 1 aliphatic heterocycles. The van der Waals surface area contributed by atoms with Gasteiger partial charge in [-0.25, -0.2) is 4.68 Å². The van der Waals surface area contributed by atoms with Gasteiger partial charge >= 0.3 is 0 Å². The largest absolute Gasteiger partial charge is 0.381 e. The number of hydrogen-bond acceptors (Lipinski definition) is 4. The summed E-state index contributed by atoms with van der Waals surface area (Å²) in [5.41, 5.74) is 1.21. The number of nitrogens with zero attached hydrogens (tertiary/aromatic N) is 3. The minimum absolute atomic E-state index is 0.00795. The third-order valence-corrected chi connectivity index (χ3v) is 5.91. The van der Waals surface area contributed by atoms with Crippen LogP contribution in [0.1, 0.15) is 25.7 Å². The number of alkyl halides is 1. The van der Waals surface area contributed by atoms with E-state index in [0.29, 0.717) is 6.10 Å². The smallest absolute Gasteiger partial charge is 0.268 e. The van der Waals surface area contributed by atoms with Crippen LogP contribution < -0.4 is 10.5 Å². The number of halogens is 1. The van der Waals surface area contributed by atoms with Gasteiger partial charge in [-0.05, 0) is 31.1 Å². The monoisotopic (exact) mass is 355 g/mol. The summed E-state index contributed by atoms with van der Waals surface area (Å²) >= 11 is 3.54. The van der Waals surface area contributed by atoms with Crippen LogP contribution in [0.2, 0.25) is 0 Å². The average Bonchev–Trinajstić information content (AvgIpc) is 3.30. The minimum atomic E-state index is 0.00795. The van der Waals surface area contributed by atoms with Gasteiger partial charge in [-0.2, -0.15) is 5.10 Å². The van der Waals surface area contributed by atoms with Crippen molar-refractivity contribution in [2.75, 3.05) is 30.4 Å². The predicted molar refractivity (Wildman–Crippen MR) is 86.2 cm³/mol. The second kappa shape index (κ2) is 6.08. The highest BCUT2D eigenvalue weighted by atomic mass is 79.9. The van der Waals surface area contributed by atoms with Gasteiger partial charge in [-0.1, -0.05) is 15.9 Å². The van der Waals surface area contributed by atoms with Gasteiger partial charge in [-0.3, -0.25) is 4.79 Å². The van der Waals surface area contributed by atoms with Gasteiger partial charge < -0.3 is 9.64 Å². The molecule has 2 fully saturated rings. The zero-order valence-corrected chi connectivity index (χ0v) is 14.0. The van der Waals surface area contributed by atoms with Crippen LogP contribution in [-0.2, 0) is 11.3 Å². The second-order valence-corrected chi connectivity index (χ2v) is 6.83. The summed E-state index contributed by atoms with van der Waals surface area (Å²) in [5, 5.41) is 5.32. The topological polar surface area (TPSA) is 47.4 Å². The number of aromatic nitrogens is 2. The van der Waals surface area contributed by atoms with E-state index in [2.05, 4.69) is 25.9 Å². The van der Waals surface area contributed by atoms with Crippen LogP contribution in [0.4, 0.5) is 5.69 Å². The van der Waals surface area contributed by atoms with E-state index in [-0.39, 0.29) is 11.0 Å². The summed E-state index contributed by atoms with van der Waals surface area (Å²) in [6.07, 6.45) is 6.55. The van der Waals surface area contributed by atoms with Crippen LogP contribution >= 0.6 is 15.9 Å². The Morgan fingerprint density at radius 2 is 2.14 bits per heavy atom. The Kier molecular flexibility index (Phi) is 4.36. The van der Waals surface area contributed by atoms with E-state index >= 15 is 0 Å². The van der Waals surface area contributed by atoms with Crippen molar-refractivity contribution in [1.29, 1.82) is 0 Å². The Bertz CT molecular complexity index is 548. The molecule has 3 rings (SSSR count). The fourth-order valence-corrected chi connectivity index (χ4v) is 3.63. The van der Waals surface area contributed by atoms with E-state index in [1.165, 1.54) is 12.8 Å². The van der Waals surface area contributed by atoms with Crippen molar-refractivity contribution in [3.8, 4) is 0 Å². The molecule has 0 bridgehead atoms. The summed E-state index contributed by atoms with van der Waals surface area (Å²) in [4.78, 5) is 14.5. The normalized spacial score (nSPS) is 21.5. The first-order chi connectivity index (χ1) is 10.2. The number of methoxy groups -OCH3 is 1. The Hall–Kier alpha value is -0.880. The Labute approximate surface area is 133 Å². The SMILES string of the molecule is COC1CCN(c2cnn(CC3(CBr)CC3)c(=O)c2)CC1. The van der Waals surface area contributed by atoms with Gasteiger partial charge in [0.2, 0.25) is 0 Å². The van der Waals surface area contributed by atoms with Crippen LogP contribution in [-0.4, -0.2) is 41.4 Å². The molecule has 116 valence electrons. The molecule has 1 saturated heterocycles. The molecule has 1 aliphatic carbocycles. The molecule has 5 nitrogen and oxygen atoms in total. The highest BCUT2D eigenvalue weighted by molar-refractivity contribution is 9.09. The van der Waals surface area contributed by atoms with Gasteiger partial charge in [0.05, 0.1) is 24.5 Å². The van der Waals surface area contributed by atoms with E-state index in [4.69, 9.17) is 4.74 Å². The third kappa shape index (κ3) is 3.31. The zero-order valence-electron chi connectivity index (χ0n) is 12.4. The zero-order chi connectivity index (χ0) is 14.9. The Morgan fingerprint density at radius 3 is 2.67 bits per heavy atom. The first kappa shape index (κ1) is 15.0. The lowest BCUT2D eigenvalue weighted by Crippen LogP contribution is -2.38. The Morgan fingerprint density at radius 1 is 1.43 bits per heavy atom. The molecule has 0 aromatic carbocycles. The molecular formula is C15H22BrN3O2. The second-order valence-electron chi connectivity index (χ2n) is 6.27. The van der Waals surface area contributed by atoms with E-state index in [0.717, 1.165) is 43.5 Å². The molecule has 2 heterocycles. The summed E-state index contributed by atoms with van der Waals surface area (Å²) in [6.45, 7) is 2.58. The summed E-state index contributed by atoms with van der Waals surface area (Å²) < 4.78 is 6.99. The van der Waals surface area contributed by atoms with Crippen LogP contribution in [0.15, 0.2) is 17.1 Å². The van der Waals surface area contributed by atoms with Crippen molar-refractivity contribution in [1.82, 2.24) is 9.78 Å². The van der Waals surface area contributed by atoms with Gasteiger partial charge in [0.25, 0.3) is 5.56 Å². The van der Waals surface area contributed by atoms with Gasteiger partial charge in [0, 0.05) is 31.6 Å². The molecule has 1 aromatic rings. The lowest BCUT2D eigenvalue weighted by molar-refractivity contribution is 0.0819. The molecule has 0 N–H and O–H groups in total. The van der Waals surface area contributed by atoms with Crippen LogP contribution in [0, 0.1) is 5.41 Å². The van der Waals surface area contributed by atoms with E-state index < -0.39 is 0 Å². The van der Waals surface area contributed by atoms with Crippen LogP contribution in [0.5, 0.6) is 0 Å². The maximum atomic E-state index is 12.3. The predicted octanol–water partition coefficient (Wildman–Crippen LogP) is 2.03. The van der Waals surface area contributed by atoms with Crippen molar-refractivity contribution in [2.24, 2.45) is 5.41 Å². The highest BCUT2D eigenvalue weighted by Crippen LogP contribution is 2.48. The first-order valence-electron chi connectivity index (χ1n) is 7.57. The molecule has 0 spiro atoms. The molecule has 1 aromatic heterocycles. The van der Waals surface area contributed by atoms with Crippen molar-refractivity contribution < 1.29 is 4.74 Å². The van der Waals surface area contributed by atoms with Gasteiger partial charge in [0.1, 0.15) is 0 Å². The first-order valence-corrected chi connectivity index (χ1v) is 8.69. The number of hydrogen-bond donors (Lipinski definition) is 0. The number of piperidine rings is 1. The van der Waals surface area contributed by atoms with Crippen LogP contribution in [0.3, 0.4) is 0 Å². The quantitative estimate of drug-likeness (QED) is 0.758. The van der Waals surface area contributed by atoms with Crippen molar-refractivity contribution in [3.05, 3.63) is 22.6 Å². The maximum Gasteiger partial charge on any atom is 0.268 e. The third-order valence-electron chi connectivity index (χ3n) is 4.72. The summed E-state index contributed by atoms with van der Waals surface area (Å²) in [7, 11) is 1.76. The maximum absolute atomic E-state index is 12.3. The molecule has 2 aliphatic rings. The average molecular weight is 356 g/mol. The fourth-order valence-electron chi connectivity index (χ4n) is 2.89. The highest BCUT2D eigenvalue weighted by Gasteiger charge is 2.42. The van der Waals surface area contributed by atoms with Gasteiger partial charge in [0.15, 0.2) is 0 Å². The summed E-state index contributed by atoms with van der Waals surface area (Å²) in [5.74, 6) is 0. The lowest BCUT2D eigenvalue weighted by atomic mass is 10.1. The standard InChI is InChI=1S/C15H22BrN3O2/c1-21-13-2-6-18(7-3-13)12-8-14(20)19(17-9-12)11-15(10-16)4-5-15/h8-9,13H,2-7,10-11H2,1H3. The molecule has 6 heteroatoms. The number of ether oxygens (including phenoxy) is 1. The van der Waals surface area contributed by atoms with Crippen molar-refractivity contribution in [2.45, 2.75) is 38.3 Å². The molecule has 0 atom stereocenters. The molecular weight excluding hydrogens is 334 g/mol. The molecule has 1 saturated carbocycles. The lowest BCUT2D eigenvalue weighted by Gasteiger charge is -2.32. The summed E-state index contributed by atoms with van der Waals surface area (Å²) in [6, 6.07) is 1.73. The van der Waals surface area contributed by atoms with Crippen LogP contribution in [0.25, 0.3) is 0 Å².